The third-order valence-electron chi connectivity index (χ3n) is 3.61. The Balaban J connectivity index is 1.80. The van der Waals surface area contributed by atoms with Gasteiger partial charge in [-0.05, 0) is 21.0 Å². The van der Waals surface area contributed by atoms with E-state index in [1.165, 1.54) is 5.56 Å². The van der Waals surface area contributed by atoms with Gasteiger partial charge < -0.3 is 4.90 Å². The number of benzene rings is 1. The Morgan fingerprint density at radius 3 is 2.67 bits per heavy atom. The van der Waals surface area contributed by atoms with Crippen molar-refractivity contribution >= 4 is 11.8 Å². The van der Waals surface area contributed by atoms with Gasteiger partial charge in [-0.1, -0.05) is 41.6 Å². The third kappa shape index (κ3) is 3.28. The van der Waals surface area contributed by atoms with Gasteiger partial charge in [0.05, 0.1) is 12.5 Å². The van der Waals surface area contributed by atoms with Gasteiger partial charge in [0, 0.05) is 18.7 Å². The van der Waals surface area contributed by atoms with Crippen LogP contribution in [0.1, 0.15) is 5.56 Å². The minimum atomic E-state index is 0.867. The molecule has 0 saturated heterocycles. The molecule has 0 unspecified atom stereocenters. The highest BCUT2D eigenvalue weighted by Crippen LogP contribution is 2.28. The first-order chi connectivity index (χ1) is 10.1. The van der Waals surface area contributed by atoms with Crippen molar-refractivity contribution < 1.29 is 0 Å². The fourth-order valence-corrected chi connectivity index (χ4v) is 3.21. The van der Waals surface area contributed by atoms with Crippen LogP contribution in [0.3, 0.4) is 0 Å². The first-order valence-corrected chi connectivity index (χ1v) is 8.12. The van der Waals surface area contributed by atoms with E-state index < -0.39 is 0 Å². The number of hydrogen-bond acceptors (Lipinski definition) is 5. The predicted molar refractivity (Wildman–Crippen MR) is 86.2 cm³/mol. The third-order valence-corrected chi connectivity index (χ3v) is 4.66. The van der Waals surface area contributed by atoms with Crippen LogP contribution >= 0.6 is 11.8 Å². The molecule has 0 spiro atoms. The Bertz CT molecular complexity index is 605. The number of aromatic nitrogens is 3. The van der Waals surface area contributed by atoms with E-state index >= 15 is 0 Å². The topological polar surface area (TPSA) is 37.2 Å². The second-order valence-electron chi connectivity index (χ2n) is 5.71. The molecule has 2 heterocycles. The molecule has 1 aliphatic rings. The van der Waals surface area contributed by atoms with Gasteiger partial charge in [-0.25, -0.2) is 0 Å². The molecule has 1 aromatic heterocycles. The molecule has 0 bridgehead atoms. The second kappa shape index (κ2) is 6.17. The molecule has 1 aliphatic heterocycles. The average molecular weight is 303 g/mol. The normalized spacial score (nSPS) is 15.4. The summed E-state index contributed by atoms with van der Waals surface area (Å²) in [4.78, 5) is 4.64. The molecule has 0 N–H and O–H groups in total. The van der Waals surface area contributed by atoms with Crippen LogP contribution in [-0.2, 0) is 6.67 Å². The Morgan fingerprint density at radius 2 is 1.95 bits per heavy atom. The number of thioether (sulfide) groups is 1. The summed E-state index contributed by atoms with van der Waals surface area (Å²) in [6, 6.07) is 8.49. The summed E-state index contributed by atoms with van der Waals surface area (Å²) in [5.41, 5.74) is 2.40. The van der Waals surface area contributed by atoms with E-state index in [-0.39, 0.29) is 0 Å². The van der Waals surface area contributed by atoms with Gasteiger partial charge in [-0.15, -0.1) is 10.2 Å². The summed E-state index contributed by atoms with van der Waals surface area (Å²) in [5, 5.41) is 9.73. The maximum Gasteiger partial charge on any atom is 0.193 e. The molecule has 0 radical (unpaired) electrons. The zero-order chi connectivity index (χ0) is 14.8. The van der Waals surface area contributed by atoms with Crippen LogP contribution in [-0.4, -0.2) is 57.6 Å². The Labute approximate surface area is 130 Å². The molecular weight excluding hydrogens is 282 g/mol. The molecule has 5 nitrogen and oxygen atoms in total. The zero-order valence-electron chi connectivity index (χ0n) is 12.8. The van der Waals surface area contributed by atoms with Gasteiger partial charge in [-0.2, -0.15) is 0 Å². The second-order valence-corrected chi connectivity index (χ2v) is 6.62. The minimum absolute atomic E-state index is 0.867. The van der Waals surface area contributed by atoms with Crippen molar-refractivity contribution in [3.63, 3.8) is 0 Å². The summed E-state index contributed by atoms with van der Waals surface area (Å²) in [7, 11) is 4.22. The number of hydrogen-bond donors (Lipinski definition) is 0. The van der Waals surface area contributed by atoms with Crippen molar-refractivity contribution in [2.45, 2.75) is 18.7 Å². The molecule has 0 saturated carbocycles. The Hall–Kier alpha value is -1.37. The quantitative estimate of drug-likeness (QED) is 0.865. The predicted octanol–water partition coefficient (Wildman–Crippen LogP) is 2.14. The van der Waals surface area contributed by atoms with Gasteiger partial charge in [-0.3, -0.25) is 9.47 Å². The maximum absolute atomic E-state index is 4.38. The van der Waals surface area contributed by atoms with Gasteiger partial charge in [0.1, 0.15) is 0 Å². The molecule has 3 rings (SSSR count). The van der Waals surface area contributed by atoms with E-state index in [1.807, 2.05) is 0 Å². The lowest BCUT2D eigenvalue weighted by atomic mass is 10.1. The Morgan fingerprint density at radius 1 is 1.19 bits per heavy atom. The smallest absolute Gasteiger partial charge is 0.193 e. The van der Waals surface area contributed by atoms with E-state index in [9.17, 15) is 0 Å². The molecule has 0 aliphatic carbocycles. The zero-order valence-corrected chi connectivity index (χ0v) is 13.6. The van der Waals surface area contributed by atoms with Gasteiger partial charge >= 0.3 is 0 Å². The van der Waals surface area contributed by atoms with Gasteiger partial charge in [0.25, 0.3) is 0 Å². The molecule has 0 atom stereocenters. The molecule has 0 fully saturated rings. The lowest BCUT2D eigenvalue weighted by Gasteiger charge is -2.28. The summed E-state index contributed by atoms with van der Waals surface area (Å²) in [5.74, 6) is 1.95. The van der Waals surface area contributed by atoms with E-state index in [0.29, 0.717) is 0 Å². The lowest BCUT2D eigenvalue weighted by molar-refractivity contribution is 0.215. The first kappa shape index (κ1) is 14.6. The summed E-state index contributed by atoms with van der Waals surface area (Å²) >= 11 is 1.76. The number of rotatable bonds is 4. The summed E-state index contributed by atoms with van der Waals surface area (Å²) in [6.45, 7) is 5.09. The lowest BCUT2D eigenvalue weighted by Crippen LogP contribution is -2.35. The van der Waals surface area contributed by atoms with Crippen LogP contribution in [0.5, 0.6) is 0 Å². The highest BCUT2D eigenvalue weighted by Gasteiger charge is 2.22. The van der Waals surface area contributed by atoms with Crippen molar-refractivity contribution in [3.05, 3.63) is 29.8 Å². The van der Waals surface area contributed by atoms with Crippen LogP contribution in [0, 0.1) is 6.92 Å². The van der Waals surface area contributed by atoms with Crippen LogP contribution in [0.25, 0.3) is 11.4 Å². The number of likely N-dealkylation sites (N-methyl/N-ethyl adjacent to an activating group) is 1. The van der Waals surface area contributed by atoms with Crippen molar-refractivity contribution in [2.24, 2.45) is 0 Å². The highest BCUT2D eigenvalue weighted by atomic mass is 32.2. The summed E-state index contributed by atoms with van der Waals surface area (Å²) in [6.07, 6.45) is 0. The Kier molecular flexibility index (Phi) is 4.28. The first-order valence-electron chi connectivity index (χ1n) is 7.13. The number of fused-ring (bicyclic) bond motifs is 1. The number of aryl methyl sites for hydroxylation is 1. The van der Waals surface area contributed by atoms with Crippen molar-refractivity contribution in [2.75, 3.05) is 33.1 Å². The molecular formula is C15H21N5S. The molecule has 112 valence electrons. The van der Waals surface area contributed by atoms with Crippen LogP contribution < -0.4 is 0 Å². The van der Waals surface area contributed by atoms with E-state index in [1.54, 1.807) is 11.8 Å². The van der Waals surface area contributed by atoms with E-state index in [4.69, 9.17) is 0 Å². The molecule has 6 heteroatoms. The molecule has 1 aromatic carbocycles. The fourth-order valence-electron chi connectivity index (χ4n) is 2.31. The van der Waals surface area contributed by atoms with E-state index in [0.717, 1.165) is 42.2 Å². The standard InChI is InChI=1S/C15H21N5S/c1-12-4-6-13(7-5-12)14-16-17-15-20(14)10-19(11-21-15)9-8-18(2)3/h4-7H,8-11H2,1-3H3. The van der Waals surface area contributed by atoms with Gasteiger partial charge in [0.2, 0.25) is 0 Å². The van der Waals surface area contributed by atoms with Crippen LogP contribution in [0.2, 0.25) is 0 Å². The van der Waals surface area contributed by atoms with Crippen LogP contribution in [0.4, 0.5) is 0 Å². The van der Waals surface area contributed by atoms with Crippen molar-refractivity contribution in [3.8, 4) is 11.4 Å². The SMILES string of the molecule is Cc1ccc(-c2nnc3n2CN(CCN(C)C)CS3)cc1. The highest BCUT2D eigenvalue weighted by molar-refractivity contribution is 7.99. The average Bonchev–Trinajstić information content (AvgIpc) is 2.89. The van der Waals surface area contributed by atoms with Crippen LogP contribution in [0.15, 0.2) is 29.4 Å². The molecule has 2 aromatic rings. The monoisotopic (exact) mass is 303 g/mol. The molecule has 21 heavy (non-hydrogen) atoms. The maximum atomic E-state index is 4.38. The van der Waals surface area contributed by atoms with Crippen molar-refractivity contribution in [1.29, 1.82) is 0 Å². The fraction of sp³-hybridized carbons (Fsp3) is 0.467. The summed E-state index contributed by atoms with van der Waals surface area (Å²) < 4.78 is 2.22. The van der Waals surface area contributed by atoms with E-state index in [2.05, 4.69) is 69.8 Å². The largest absolute Gasteiger partial charge is 0.308 e. The minimum Gasteiger partial charge on any atom is -0.308 e. The number of nitrogens with zero attached hydrogens (tertiary/aromatic N) is 5. The molecule has 0 amide bonds. The van der Waals surface area contributed by atoms with Crippen molar-refractivity contribution in [1.82, 2.24) is 24.6 Å². The van der Waals surface area contributed by atoms with Gasteiger partial charge in [0.15, 0.2) is 11.0 Å².